The first-order valence-corrected chi connectivity index (χ1v) is 8.67. The fourth-order valence-corrected chi connectivity index (χ4v) is 3.42. The van der Waals surface area contributed by atoms with Crippen molar-refractivity contribution >= 4 is 11.9 Å². The molecule has 1 atom stereocenters. The van der Waals surface area contributed by atoms with E-state index in [2.05, 4.69) is 0 Å². The SMILES string of the molecule is COC(=O)CC1c2cc(OC)c(OC)cc2CCN1C(=O)c1ccc(C)o1. The van der Waals surface area contributed by atoms with Crippen LogP contribution in [0.25, 0.3) is 0 Å². The van der Waals surface area contributed by atoms with Crippen LogP contribution in [0.1, 0.15) is 39.9 Å². The molecule has 0 N–H and O–H groups in total. The number of furan rings is 1. The van der Waals surface area contributed by atoms with Crippen molar-refractivity contribution in [2.75, 3.05) is 27.9 Å². The molecule has 27 heavy (non-hydrogen) atoms. The van der Waals surface area contributed by atoms with Gasteiger partial charge in [-0.1, -0.05) is 0 Å². The number of esters is 1. The second kappa shape index (κ2) is 7.73. The molecule has 0 saturated heterocycles. The van der Waals surface area contributed by atoms with Crippen LogP contribution in [-0.2, 0) is 16.0 Å². The molecule has 2 heterocycles. The summed E-state index contributed by atoms with van der Waals surface area (Å²) in [6, 6.07) is 6.65. The van der Waals surface area contributed by atoms with E-state index in [9.17, 15) is 9.59 Å². The highest BCUT2D eigenvalue weighted by molar-refractivity contribution is 5.92. The number of carbonyl (C=O) groups excluding carboxylic acids is 2. The number of fused-ring (bicyclic) bond motifs is 1. The molecule has 0 radical (unpaired) electrons. The van der Waals surface area contributed by atoms with Gasteiger partial charge in [0.25, 0.3) is 5.91 Å². The number of carbonyl (C=O) groups is 2. The summed E-state index contributed by atoms with van der Waals surface area (Å²) in [5.41, 5.74) is 1.86. The van der Waals surface area contributed by atoms with E-state index < -0.39 is 12.0 Å². The maximum atomic E-state index is 13.0. The number of benzene rings is 1. The van der Waals surface area contributed by atoms with Crippen LogP contribution in [0.2, 0.25) is 0 Å². The Labute approximate surface area is 157 Å². The lowest BCUT2D eigenvalue weighted by atomic mass is 9.89. The number of hydrogen-bond donors (Lipinski definition) is 0. The van der Waals surface area contributed by atoms with Crippen molar-refractivity contribution in [3.63, 3.8) is 0 Å². The lowest BCUT2D eigenvalue weighted by Gasteiger charge is -2.36. The summed E-state index contributed by atoms with van der Waals surface area (Å²) in [5, 5.41) is 0. The van der Waals surface area contributed by atoms with Gasteiger partial charge in [0.15, 0.2) is 17.3 Å². The van der Waals surface area contributed by atoms with E-state index in [1.807, 2.05) is 12.1 Å². The van der Waals surface area contributed by atoms with Gasteiger partial charge in [-0.25, -0.2) is 0 Å². The monoisotopic (exact) mass is 373 g/mol. The molecule has 0 spiro atoms. The van der Waals surface area contributed by atoms with Crippen LogP contribution in [0.4, 0.5) is 0 Å². The Balaban J connectivity index is 2.03. The molecule has 0 fully saturated rings. The Morgan fingerprint density at radius 1 is 1.15 bits per heavy atom. The molecule has 1 aliphatic heterocycles. The van der Waals surface area contributed by atoms with Gasteiger partial charge in [-0.05, 0) is 48.7 Å². The number of aryl methyl sites for hydroxylation is 1. The van der Waals surface area contributed by atoms with Crippen LogP contribution in [0.15, 0.2) is 28.7 Å². The molecule has 7 heteroatoms. The van der Waals surface area contributed by atoms with Crippen molar-refractivity contribution in [2.24, 2.45) is 0 Å². The van der Waals surface area contributed by atoms with E-state index in [0.717, 1.165) is 11.1 Å². The van der Waals surface area contributed by atoms with Crippen molar-refractivity contribution in [2.45, 2.75) is 25.8 Å². The van der Waals surface area contributed by atoms with E-state index in [1.54, 1.807) is 38.2 Å². The summed E-state index contributed by atoms with van der Waals surface area (Å²) in [4.78, 5) is 26.7. The Morgan fingerprint density at radius 3 is 2.44 bits per heavy atom. The molecule has 1 amide bonds. The molecule has 0 aliphatic carbocycles. The van der Waals surface area contributed by atoms with Crippen molar-refractivity contribution in [3.05, 3.63) is 46.9 Å². The number of hydrogen-bond acceptors (Lipinski definition) is 6. The zero-order chi connectivity index (χ0) is 19.6. The maximum Gasteiger partial charge on any atom is 0.307 e. The Hall–Kier alpha value is -2.96. The number of ether oxygens (including phenoxy) is 3. The lowest BCUT2D eigenvalue weighted by molar-refractivity contribution is -0.142. The standard InChI is InChI=1S/C20H23NO6/c1-12-5-6-16(27-12)20(23)21-8-7-13-9-17(24-2)18(25-3)10-14(13)15(21)11-19(22)26-4/h5-6,9-10,15H,7-8,11H2,1-4H3. The van der Waals surface area contributed by atoms with Crippen LogP contribution in [0.5, 0.6) is 11.5 Å². The third-order valence-corrected chi connectivity index (χ3v) is 4.80. The van der Waals surface area contributed by atoms with Gasteiger partial charge in [0, 0.05) is 6.54 Å². The van der Waals surface area contributed by atoms with E-state index in [4.69, 9.17) is 18.6 Å². The minimum Gasteiger partial charge on any atom is -0.493 e. The summed E-state index contributed by atoms with van der Waals surface area (Å²) < 4.78 is 21.1. The fraction of sp³-hybridized carbons (Fsp3) is 0.400. The van der Waals surface area contributed by atoms with Crippen molar-refractivity contribution < 1.29 is 28.2 Å². The van der Waals surface area contributed by atoms with Gasteiger partial charge in [-0.15, -0.1) is 0 Å². The summed E-state index contributed by atoms with van der Waals surface area (Å²) in [6.45, 7) is 2.24. The van der Waals surface area contributed by atoms with Crippen molar-refractivity contribution in [1.82, 2.24) is 4.90 Å². The predicted molar refractivity (Wildman–Crippen MR) is 97.1 cm³/mol. The summed E-state index contributed by atoms with van der Waals surface area (Å²) in [7, 11) is 4.47. The average Bonchev–Trinajstić information content (AvgIpc) is 3.12. The fourth-order valence-electron chi connectivity index (χ4n) is 3.42. The molecular formula is C20H23NO6. The molecule has 1 aliphatic rings. The Morgan fingerprint density at radius 2 is 1.85 bits per heavy atom. The smallest absolute Gasteiger partial charge is 0.307 e. The lowest BCUT2D eigenvalue weighted by Crippen LogP contribution is -2.41. The van der Waals surface area contributed by atoms with Gasteiger partial charge in [0.2, 0.25) is 0 Å². The first kappa shape index (κ1) is 18.8. The van der Waals surface area contributed by atoms with Crippen LogP contribution in [-0.4, -0.2) is 44.7 Å². The third kappa shape index (κ3) is 3.63. The molecule has 0 saturated carbocycles. The first-order valence-electron chi connectivity index (χ1n) is 8.67. The highest BCUT2D eigenvalue weighted by Gasteiger charge is 2.35. The molecule has 1 aromatic heterocycles. The van der Waals surface area contributed by atoms with Crippen LogP contribution >= 0.6 is 0 Å². The summed E-state index contributed by atoms with van der Waals surface area (Å²) in [6.07, 6.45) is 0.684. The Bertz CT molecular complexity index is 856. The number of amides is 1. The van der Waals surface area contributed by atoms with Gasteiger partial charge in [-0.2, -0.15) is 0 Å². The van der Waals surface area contributed by atoms with Gasteiger partial charge in [0.05, 0.1) is 33.8 Å². The van der Waals surface area contributed by atoms with E-state index in [0.29, 0.717) is 30.2 Å². The topological polar surface area (TPSA) is 78.2 Å². The minimum absolute atomic E-state index is 0.0460. The second-order valence-corrected chi connectivity index (χ2v) is 6.36. The van der Waals surface area contributed by atoms with E-state index >= 15 is 0 Å². The molecular weight excluding hydrogens is 350 g/mol. The third-order valence-electron chi connectivity index (χ3n) is 4.80. The number of rotatable bonds is 5. The molecule has 1 aromatic carbocycles. The van der Waals surface area contributed by atoms with Gasteiger partial charge >= 0.3 is 5.97 Å². The zero-order valence-electron chi connectivity index (χ0n) is 15.9. The molecule has 7 nitrogen and oxygen atoms in total. The van der Waals surface area contributed by atoms with Crippen LogP contribution in [0, 0.1) is 6.92 Å². The quantitative estimate of drug-likeness (QED) is 0.750. The normalized spacial score (nSPS) is 15.9. The van der Waals surface area contributed by atoms with Crippen LogP contribution in [0.3, 0.4) is 0 Å². The zero-order valence-corrected chi connectivity index (χ0v) is 15.9. The number of methoxy groups -OCH3 is 3. The number of nitrogens with zero attached hydrogens (tertiary/aromatic N) is 1. The van der Waals surface area contributed by atoms with Crippen LogP contribution < -0.4 is 9.47 Å². The van der Waals surface area contributed by atoms with E-state index in [-0.39, 0.29) is 18.1 Å². The predicted octanol–water partition coefficient (Wildman–Crippen LogP) is 2.91. The molecule has 3 rings (SSSR count). The first-order chi connectivity index (χ1) is 13.0. The van der Waals surface area contributed by atoms with E-state index in [1.165, 1.54) is 7.11 Å². The van der Waals surface area contributed by atoms with Gasteiger partial charge in [0.1, 0.15) is 5.76 Å². The molecule has 0 bridgehead atoms. The van der Waals surface area contributed by atoms with Gasteiger partial charge in [-0.3, -0.25) is 9.59 Å². The minimum atomic E-state index is -0.473. The van der Waals surface area contributed by atoms with Gasteiger partial charge < -0.3 is 23.5 Å². The largest absolute Gasteiger partial charge is 0.493 e. The highest BCUT2D eigenvalue weighted by atomic mass is 16.5. The Kier molecular flexibility index (Phi) is 5.39. The molecule has 1 unspecified atom stereocenters. The second-order valence-electron chi connectivity index (χ2n) is 6.36. The average molecular weight is 373 g/mol. The molecule has 144 valence electrons. The summed E-state index contributed by atoms with van der Waals surface area (Å²) in [5.74, 6) is 1.44. The maximum absolute atomic E-state index is 13.0. The molecule has 2 aromatic rings. The summed E-state index contributed by atoms with van der Waals surface area (Å²) >= 11 is 0. The van der Waals surface area contributed by atoms with Crippen molar-refractivity contribution in [3.8, 4) is 11.5 Å². The highest BCUT2D eigenvalue weighted by Crippen LogP contribution is 2.40. The van der Waals surface area contributed by atoms with Crippen molar-refractivity contribution in [1.29, 1.82) is 0 Å².